The second kappa shape index (κ2) is 6.59. The van der Waals surface area contributed by atoms with Crippen molar-refractivity contribution in [1.29, 1.82) is 0 Å². The van der Waals surface area contributed by atoms with E-state index in [1.807, 2.05) is 0 Å². The van der Waals surface area contributed by atoms with Gasteiger partial charge < -0.3 is 16.1 Å². The Labute approximate surface area is 97.7 Å². The molecule has 0 aromatic carbocycles. The van der Waals surface area contributed by atoms with Crippen LogP contribution >= 0.6 is 7.82 Å². The molecule has 0 bridgehead atoms. The Hall–Kier alpha value is 2.47. The minimum absolute atomic E-state index is 0. The largest absolute Gasteiger partial charge is 1.00 e. The molecule has 0 aliphatic heterocycles. The van der Waals surface area contributed by atoms with Crippen LogP contribution < -0.4 is 29.6 Å². The van der Waals surface area contributed by atoms with Gasteiger partial charge >= 0.3 is 37.4 Å². The van der Waals surface area contributed by atoms with Gasteiger partial charge in [-0.1, -0.05) is 0 Å². The summed E-state index contributed by atoms with van der Waals surface area (Å²) in [5.41, 5.74) is 0. The van der Waals surface area contributed by atoms with Crippen LogP contribution in [0.3, 0.4) is 0 Å². The summed E-state index contributed by atoms with van der Waals surface area (Å²) in [6.07, 6.45) is 0. The molecule has 0 aromatic rings. The van der Waals surface area contributed by atoms with Crippen LogP contribution in [-0.4, -0.2) is 14.7 Å². The molecule has 4 nitrogen and oxygen atoms in total. The van der Waals surface area contributed by atoms with Crippen LogP contribution in [0.25, 0.3) is 0 Å². The molecule has 0 fully saturated rings. The molecule has 0 unspecified atom stereocenters. The molecule has 1 radical (unpaired) electrons. The molecule has 0 spiro atoms. The molecule has 7 heteroatoms. The van der Waals surface area contributed by atoms with Crippen molar-refractivity contribution in [1.82, 2.24) is 0 Å². The molecular weight excluding hydrogens is 259 g/mol. The van der Waals surface area contributed by atoms with Crippen molar-refractivity contribution in [3.8, 4) is 0 Å². The molecule has 0 saturated carbocycles. The molecule has 0 saturated heterocycles. The summed E-state index contributed by atoms with van der Waals surface area (Å²) in [6.45, 7) is 0. The Morgan fingerprint density at radius 3 is 1.29 bits per heavy atom. The van der Waals surface area contributed by atoms with Gasteiger partial charge in [0, 0.05) is 41.3 Å². The van der Waals surface area contributed by atoms with E-state index >= 15 is 0 Å². The van der Waals surface area contributed by atoms with Gasteiger partial charge in [-0.05, 0) is 0 Å². The van der Waals surface area contributed by atoms with E-state index in [0.29, 0.717) is 0 Å². The normalized spacial score (nSPS) is 8.43. The van der Waals surface area contributed by atoms with Gasteiger partial charge in [-0.25, -0.2) is 4.57 Å². The van der Waals surface area contributed by atoms with Gasteiger partial charge in [-0.2, -0.15) is 0 Å². The van der Waals surface area contributed by atoms with Gasteiger partial charge in [0.15, 0.2) is 0 Å². The molecule has 0 aliphatic rings. The van der Waals surface area contributed by atoms with Crippen LogP contribution in [0.15, 0.2) is 0 Å². The predicted molar refractivity (Wildman–Crippen MR) is 15.4 cm³/mol. The standard InChI is InChI=1S/Na.H3O4P.Pr.H/c;1-5(2,3)4;;/h;(H3,1,2,3,4);;/q+1;;;-1. The fourth-order valence-electron chi connectivity index (χ4n) is 0. The minimum Gasteiger partial charge on any atom is -1.00 e. The van der Waals surface area contributed by atoms with Crippen LogP contribution in [0.2, 0.25) is 0 Å². The van der Waals surface area contributed by atoms with E-state index in [0.717, 1.165) is 0 Å². The van der Waals surface area contributed by atoms with Gasteiger partial charge in [0.05, 0.1) is 0 Å². The van der Waals surface area contributed by atoms with Crippen molar-refractivity contribution >= 4 is 7.82 Å². The third-order valence-electron chi connectivity index (χ3n) is 0. The van der Waals surface area contributed by atoms with E-state index in [9.17, 15) is 0 Å². The second-order valence-corrected chi connectivity index (χ2v) is 1.54. The molecule has 37 valence electrons. The molecule has 7 heavy (non-hydrogen) atoms. The zero-order valence-electron chi connectivity index (χ0n) is 4.77. The topological polar surface area (TPSA) is 77.8 Å². The van der Waals surface area contributed by atoms with Gasteiger partial charge in [0.2, 0.25) is 0 Å². The number of rotatable bonds is 0. The molecule has 0 amide bonds. The van der Waals surface area contributed by atoms with Crippen molar-refractivity contribution in [2.75, 3.05) is 0 Å². The van der Waals surface area contributed by atoms with Crippen molar-refractivity contribution < 1.29 is 91.5 Å². The molecule has 0 aliphatic carbocycles. The first-order valence-corrected chi connectivity index (χ1v) is 2.35. The first-order chi connectivity index (χ1) is 2.00. The number of hydrogen-bond acceptors (Lipinski definition) is 1. The maximum Gasteiger partial charge on any atom is 1.00 e. The first kappa shape index (κ1) is 16.2. The van der Waals surface area contributed by atoms with E-state index in [4.69, 9.17) is 19.2 Å². The van der Waals surface area contributed by atoms with E-state index < -0.39 is 7.82 Å². The Kier molecular flexibility index (Phi) is 15.3. The zero-order chi connectivity index (χ0) is 4.50. The summed E-state index contributed by atoms with van der Waals surface area (Å²) >= 11 is 0. The smallest absolute Gasteiger partial charge is 1.00 e. The maximum atomic E-state index is 8.88. The Morgan fingerprint density at radius 1 is 1.29 bits per heavy atom. The zero-order valence-corrected chi connectivity index (χ0v) is 10.4. The monoisotopic (exact) mass is 263 g/mol. The summed E-state index contributed by atoms with van der Waals surface area (Å²) in [5, 5.41) is 0. The third kappa shape index (κ3) is 58.0. The fraction of sp³-hybridized carbons (Fsp3) is 0. The number of hydrogen-bond donors (Lipinski definition) is 3. The van der Waals surface area contributed by atoms with Gasteiger partial charge in [0.1, 0.15) is 0 Å². The molecule has 0 atom stereocenters. The van der Waals surface area contributed by atoms with Gasteiger partial charge in [-0.3, -0.25) is 0 Å². The Morgan fingerprint density at radius 2 is 1.29 bits per heavy atom. The quantitative estimate of drug-likeness (QED) is 0.309. The predicted octanol–water partition coefficient (Wildman–Crippen LogP) is -3.81. The van der Waals surface area contributed by atoms with E-state index in [1.165, 1.54) is 0 Å². The van der Waals surface area contributed by atoms with Crippen molar-refractivity contribution in [3.63, 3.8) is 0 Å². The van der Waals surface area contributed by atoms with Crippen molar-refractivity contribution in [2.24, 2.45) is 0 Å². The summed E-state index contributed by atoms with van der Waals surface area (Å²) in [5.74, 6) is 0. The minimum atomic E-state index is -4.64. The third-order valence-corrected chi connectivity index (χ3v) is 0. The van der Waals surface area contributed by atoms with Crippen molar-refractivity contribution in [2.45, 2.75) is 0 Å². The van der Waals surface area contributed by atoms with E-state index in [2.05, 4.69) is 0 Å². The molecule has 0 aromatic heterocycles. The van der Waals surface area contributed by atoms with Crippen LogP contribution in [0, 0.1) is 41.3 Å². The summed E-state index contributed by atoms with van der Waals surface area (Å²) in [6, 6.07) is 0. The van der Waals surface area contributed by atoms with Crippen LogP contribution in [0.5, 0.6) is 0 Å². The summed E-state index contributed by atoms with van der Waals surface area (Å²) in [4.78, 5) is 21.6. The Bertz CT molecular complexity index is 62.2. The van der Waals surface area contributed by atoms with Crippen LogP contribution in [-0.2, 0) is 4.57 Å². The summed E-state index contributed by atoms with van der Waals surface area (Å²) < 4.78 is 8.88. The fourth-order valence-corrected chi connectivity index (χ4v) is 0. The van der Waals surface area contributed by atoms with Gasteiger partial charge in [-0.15, -0.1) is 0 Å². The van der Waals surface area contributed by atoms with Crippen molar-refractivity contribution in [3.05, 3.63) is 0 Å². The average molecular weight is 263 g/mol. The number of phosphoric acid groups is 1. The molecular formula is H4NaO4PPr. The van der Waals surface area contributed by atoms with E-state index in [-0.39, 0.29) is 72.3 Å². The van der Waals surface area contributed by atoms with E-state index in [1.54, 1.807) is 0 Å². The van der Waals surface area contributed by atoms with Crippen LogP contribution in [0.4, 0.5) is 0 Å². The Balaban J connectivity index is -0.0000000267. The van der Waals surface area contributed by atoms with Gasteiger partial charge in [0.25, 0.3) is 0 Å². The summed E-state index contributed by atoms with van der Waals surface area (Å²) in [7, 11) is -4.64. The molecule has 3 N–H and O–H groups in total. The average Bonchev–Trinajstić information content (AvgIpc) is 0.722. The molecule has 0 rings (SSSR count). The first-order valence-electron chi connectivity index (χ1n) is 0.783. The van der Waals surface area contributed by atoms with Crippen LogP contribution in [0.1, 0.15) is 1.43 Å². The maximum absolute atomic E-state index is 8.88. The molecule has 0 heterocycles. The SMILES string of the molecule is O=P(O)(O)O.[H-].[Na+].[Pr]. The second-order valence-electron chi connectivity index (χ2n) is 0.513.